The van der Waals surface area contributed by atoms with Gasteiger partial charge in [-0.2, -0.15) is 0 Å². The summed E-state index contributed by atoms with van der Waals surface area (Å²) < 4.78 is 31.4. The van der Waals surface area contributed by atoms with E-state index in [-0.39, 0.29) is 16.0 Å². The number of hydrogen-bond acceptors (Lipinski definition) is 7. The van der Waals surface area contributed by atoms with Gasteiger partial charge in [0.15, 0.2) is 5.03 Å². The highest BCUT2D eigenvalue weighted by Crippen LogP contribution is 2.24. The number of nitrogens with zero attached hydrogens (tertiary/aromatic N) is 4. The van der Waals surface area contributed by atoms with Crippen molar-refractivity contribution in [1.29, 1.82) is 0 Å². The number of hydrogen-bond donors (Lipinski definition) is 0. The van der Waals surface area contributed by atoms with E-state index >= 15 is 0 Å². The SMILES string of the molecule is Cc1cccc(S(=O)(=O)c2ccc(CN3CCN(C4CCN(C(=O)OC(C)(C)C)CC4)C[C@H]3C)cn2)c1. The number of likely N-dealkylation sites (tertiary alicyclic amines) is 1. The third kappa shape index (κ3) is 6.89. The number of amides is 1. The molecule has 4 rings (SSSR count). The maximum atomic E-state index is 12.9. The Morgan fingerprint density at radius 2 is 1.81 bits per heavy atom. The maximum absolute atomic E-state index is 12.9. The van der Waals surface area contributed by atoms with Gasteiger partial charge in [0.1, 0.15) is 5.60 Å². The summed E-state index contributed by atoms with van der Waals surface area (Å²) in [5, 5.41) is 0.0810. The van der Waals surface area contributed by atoms with Crippen LogP contribution in [0.3, 0.4) is 0 Å². The van der Waals surface area contributed by atoms with Crippen LogP contribution in [0.25, 0.3) is 0 Å². The van der Waals surface area contributed by atoms with Gasteiger partial charge in [-0.1, -0.05) is 18.2 Å². The standard InChI is InChI=1S/C28H40N4O4S/c1-21-7-6-8-25(17-21)37(34,35)26-10-9-23(18-29-26)20-31-15-16-32(19-22(31)2)24-11-13-30(14-12-24)27(33)36-28(3,4)5/h6-10,17-18,22,24H,11-16,19-20H2,1-5H3/t22-/m1/s1. The van der Waals surface area contributed by atoms with Crippen molar-refractivity contribution in [3.05, 3.63) is 53.7 Å². The minimum absolute atomic E-state index is 0.0810. The summed E-state index contributed by atoms with van der Waals surface area (Å²) >= 11 is 0. The molecule has 0 radical (unpaired) electrons. The lowest BCUT2D eigenvalue weighted by Gasteiger charge is -2.45. The van der Waals surface area contributed by atoms with Crippen LogP contribution in [0, 0.1) is 6.92 Å². The molecule has 2 aromatic rings. The molecule has 3 heterocycles. The summed E-state index contributed by atoms with van der Waals surface area (Å²) in [4.78, 5) is 23.8. The molecule has 8 nitrogen and oxygen atoms in total. The van der Waals surface area contributed by atoms with Gasteiger partial charge in [0.25, 0.3) is 0 Å². The van der Waals surface area contributed by atoms with Crippen molar-refractivity contribution in [2.45, 2.75) is 81.6 Å². The van der Waals surface area contributed by atoms with Crippen molar-refractivity contribution < 1.29 is 17.9 Å². The van der Waals surface area contributed by atoms with Crippen LogP contribution in [0.2, 0.25) is 0 Å². The van der Waals surface area contributed by atoms with E-state index in [9.17, 15) is 13.2 Å². The normalized spacial score (nSPS) is 20.7. The summed E-state index contributed by atoms with van der Waals surface area (Å²) in [6.07, 6.45) is 3.41. The lowest BCUT2D eigenvalue weighted by Crippen LogP contribution is -2.56. The van der Waals surface area contributed by atoms with Gasteiger partial charge >= 0.3 is 6.09 Å². The van der Waals surface area contributed by atoms with E-state index in [0.29, 0.717) is 12.1 Å². The molecule has 37 heavy (non-hydrogen) atoms. The van der Waals surface area contributed by atoms with E-state index in [1.54, 1.807) is 30.5 Å². The first-order chi connectivity index (χ1) is 17.4. The van der Waals surface area contributed by atoms with Crippen LogP contribution in [0.5, 0.6) is 0 Å². The summed E-state index contributed by atoms with van der Waals surface area (Å²) in [6.45, 7) is 14.9. The van der Waals surface area contributed by atoms with Crippen LogP contribution in [0.15, 0.2) is 52.5 Å². The van der Waals surface area contributed by atoms with Crippen LogP contribution in [-0.4, -0.2) is 84.6 Å². The topological polar surface area (TPSA) is 83.1 Å². The van der Waals surface area contributed by atoms with Gasteiger partial charge in [-0.25, -0.2) is 18.2 Å². The Morgan fingerprint density at radius 1 is 1.08 bits per heavy atom. The van der Waals surface area contributed by atoms with Gasteiger partial charge < -0.3 is 9.64 Å². The summed E-state index contributed by atoms with van der Waals surface area (Å²) in [6, 6.07) is 11.3. The molecule has 2 aliphatic rings. The van der Waals surface area contributed by atoms with E-state index in [1.165, 1.54) is 0 Å². The first-order valence-electron chi connectivity index (χ1n) is 13.1. The molecule has 2 saturated heterocycles. The molecule has 2 aliphatic heterocycles. The second-order valence-electron chi connectivity index (χ2n) is 11.3. The minimum Gasteiger partial charge on any atom is -0.444 e. The molecule has 0 aliphatic carbocycles. The smallest absolute Gasteiger partial charge is 0.410 e. The lowest BCUT2D eigenvalue weighted by molar-refractivity contribution is 0.00312. The highest BCUT2D eigenvalue weighted by molar-refractivity contribution is 7.91. The van der Waals surface area contributed by atoms with E-state index in [4.69, 9.17) is 4.74 Å². The fourth-order valence-corrected chi connectivity index (χ4v) is 6.41. The molecular formula is C28H40N4O4S. The van der Waals surface area contributed by atoms with Crippen LogP contribution < -0.4 is 0 Å². The maximum Gasteiger partial charge on any atom is 0.410 e. The van der Waals surface area contributed by atoms with Crippen molar-refractivity contribution in [2.24, 2.45) is 0 Å². The third-order valence-electron chi connectivity index (χ3n) is 7.19. The Bertz CT molecular complexity index is 1190. The first-order valence-corrected chi connectivity index (χ1v) is 14.6. The van der Waals surface area contributed by atoms with Crippen LogP contribution in [0.1, 0.15) is 51.7 Å². The molecule has 1 atom stereocenters. The largest absolute Gasteiger partial charge is 0.444 e. The number of aromatic nitrogens is 1. The average molecular weight is 529 g/mol. The Kier molecular flexibility index (Phi) is 8.26. The highest BCUT2D eigenvalue weighted by Gasteiger charge is 2.33. The Hall–Kier alpha value is -2.49. The first kappa shape index (κ1) is 27.5. The molecule has 202 valence electrons. The molecule has 9 heteroatoms. The number of carbonyl (C=O) groups is 1. The number of sulfone groups is 1. The van der Waals surface area contributed by atoms with E-state index in [0.717, 1.165) is 63.2 Å². The third-order valence-corrected chi connectivity index (χ3v) is 8.85. The molecule has 1 amide bonds. The van der Waals surface area contributed by atoms with E-state index in [1.807, 2.05) is 44.7 Å². The number of carbonyl (C=O) groups excluding carboxylic acids is 1. The molecule has 0 saturated carbocycles. The molecule has 2 fully saturated rings. The minimum atomic E-state index is -3.62. The lowest BCUT2D eigenvalue weighted by atomic mass is 10.0. The fraction of sp³-hybridized carbons (Fsp3) is 0.571. The number of benzene rings is 1. The zero-order valence-corrected chi connectivity index (χ0v) is 23.5. The average Bonchev–Trinajstić information content (AvgIpc) is 2.85. The van der Waals surface area contributed by atoms with Crippen molar-refractivity contribution in [2.75, 3.05) is 32.7 Å². The van der Waals surface area contributed by atoms with Gasteiger partial charge in [0.2, 0.25) is 9.84 Å². The van der Waals surface area contributed by atoms with Crippen molar-refractivity contribution in [1.82, 2.24) is 19.7 Å². The van der Waals surface area contributed by atoms with Gasteiger partial charge in [0, 0.05) is 57.5 Å². The van der Waals surface area contributed by atoms with Crippen molar-refractivity contribution in [3.8, 4) is 0 Å². The molecule has 1 aromatic carbocycles. The second kappa shape index (κ2) is 11.1. The molecule has 0 N–H and O–H groups in total. The molecule has 0 bridgehead atoms. The number of piperidine rings is 1. The monoisotopic (exact) mass is 528 g/mol. The predicted octanol–water partition coefficient (Wildman–Crippen LogP) is 4.13. The fourth-order valence-electron chi connectivity index (χ4n) is 5.13. The molecule has 0 spiro atoms. The number of piperazine rings is 1. The predicted molar refractivity (Wildman–Crippen MR) is 143 cm³/mol. The van der Waals surface area contributed by atoms with Crippen LogP contribution >= 0.6 is 0 Å². The Labute approximate surface area is 221 Å². The summed E-state index contributed by atoms with van der Waals surface area (Å²) in [5.41, 5.74) is 1.44. The Morgan fingerprint density at radius 3 is 2.41 bits per heavy atom. The number of ether oxygens (including phenoxy) is 1. The van der Waals surface area contributed by atoms with Gasteiger partial charge in [-0.3, -0.25) is 9.80 Å². The zero-order chi connectivity index (χ0) is 26.8. The van der Waals surface area contributed by atoms with E-state index < -0.39 is 15.4 Å². The summed E-state index contributed by atoms with van der Waals surface area (Å²) in [7, 11) is -3.62. The van der Waals surface area contributed by atoms with Gasteiger partial charge in [-0.15, -0.1) is 0 Å². The number of aryl methyl sites for hydroxylation is 1. The van der Waals surface area contributed by atoms with Crippen molar-refractivity contribution in [3.63, 3.8) is 0 Å². The van der Waals surface area contributed by atoms with E-state index in [2.05, 4.69) is 21.7 Å². The Balaban J connectivity index is 1.29. The quantitative estimate of drug-likeness (QED) is 0.577. The summed E-state index contributed by atoms with van der Waals surface area (Å²) in [5.74, 6) is 0. The second-order valence-corrected chi connectivity index (χ2v) is 13.2. The number of rotatable bonds is 5. The zero-order valence-electron chi connectivity index (χ0n) is 22.7. The van der Waals surface area contributed by atoms with Gasteiger partial charge in [-0.05, 0) is 76.8 Å². The van der Waals surface area contributed by atoms with Crippen LogP contribution in [0.4, 0.5) is 4.79 Å². The highest BCUT2D eigenvalue weighted by atomic mass is 32.2. The number of pyridine rings is 1. The van der Waals surface area contributed by atoms with Crippen molar-refractivity contribution >= 4 is 15.9 Å². The molecular weight excluding hydrogens is 488 g/mol. The van der Waals surface area contributed by atoms with Crippen LogP contribution in [-0.2, 0) is 21.1 Å². The molecule has 1 aromatic heterocycles. The van der Waals surface area contributed by atoms with Gasteiger partial charge in [0.05, 0.1) is 4.90 Å². The molecule has 0 unspecified atom stereocenters.